The Hall–Kier alpha value is -1.88. The fraction of sp³-hybridized carbons (Fsp3) is 0.500. The van der Waals surface area contributed by atoms with E-state index in [9.17, 15) is 9.59 Å². The van der Waals surface area contributed by atoms with Crippen LogP contribution in [0.15, 0.2) is 24.3 Å². The zero-order chi connectivity index (χ0) is 15.9. The molecule has 3 N–H and O–H groups in total. The molecule has 116 valence electrons. The lowest BCUT2D eigenvalue weighted by Gasteiger charge is -2.26. The Bertz CT molecular complexity index is 481. The lowest BCUT2D eigenvalue weighted by Crippen LogP contribution is -2.44. The second-order valence-electron chi connectivity index (χ2n) is 5.76. The molecule has 1 rings (SSSR count). The van der Waals surface area contributed by atoms with Crippen molar-refractivity contribution < 1.29 is 14.7 Å². The Morgan fingerprint density at radius 2 is 1.67 bits per heavy atom. The molecular weight excluding hydrogens is 268 g/mol. The molecule has 0 atom stereocenters. The van der Waals surface area contributed by atoms with Gasteiger partial charge >= 0.3 is 0 Å². The molecule has 5 nitrogen and oxygen atoms in total. The number of hydrogen-bond donors (Lipinski definition) is 3. The number of hydrogen-bond acceptors (Lipinski definition) is 3. The third kappa shape index (κ3) is 6.40. The number of amides is 2. The number of aliphatic hydroxyl groups excluding tert-OH is 1. The van der Waals surface area contributed by atoms with Gasteiger partial charge in [0.1, 0.15) is 0 Å². The Morgan fingerprint density at radius 1 is 1.10 bits per heavy atom. The van der Waals surface area contributed by atoms with E-state index in [1.807, 2.05) is 26.0 Å². The van der Waals surface area contributed by atoms with Crippen LogP contribution in [0.3, 0.4) is 0 Å². The van der Waals surface area contributed by atoms with E-state index in [-0.39, 0.29) is 24.8 Å². The summed E-state index contributed by atoms with van der Waals surface area (Å²) in [5.74, 6) is -0.106. The van der Waals surface area contributed by atoms with Gasteiger partial charge in [-0.05, 0) is 31.4 Å². The van der Waals surface area contributed by atoms with E-state index in [2.05, 4.69) is 10.6 Å². The van der Waals surface area contributed by atoms with Crippen molar-refractivity contribution in [1.29, 1.82) is 0 Å². The minimum atomic E-state index is -0.422. The molecule has 0 bridgehead atoms. The molecule has 0 heterocycles. The van der Waals surface area contributed by atoms with Crippen LogP contribution in [0.25, 0.3) is 0 Å². The molecule has 0 unspecified atom stereocenters. The molecule has 0 fully saturated rings. The number of nitrogens with one attached hydrogen (secondary N) is 2. The summed E-state index contributed by atoms with van der Waals surface area (Å²) in [6.45, 7) is 3.81. The molecule has 0 aliphatic heterocycles. The minimum absolute atomic E-state index is 0.000992. The number of carbonyl (C=O) groups is 2. The van der Waals surface area contributed by atoms with Crippen molar-refractivity contribution in [3.8, 4) is 0 Å². The molecule has 0 aliphatic rings. The van der Waals surface area contributed by atoms with E-state index in [1.165, 1.54) is 0 Å². The summed E-state index contributed by atoms with van der Waals surface area (Å²) in [7, 11) is 1.60. The third-order valence-electron chi connectivity index (χ3n) is 3.30. The first kappa shape index (κ1) is 17.2. The summed E-state index contributed by atoms with van der Waals surface area (Å²) < 4.78 is 0. The lowest BCUT2D eigenvalue weighted by atomic mass is 9.97. The predicted molar refractivity (Wildman–Crippen MR) is 81.6 cm³/mol. The quantitative estimate of drug-likeness (QED) is 0.705. The van der Waals surface area contributed by atoms with E-state index in [4.69, 9.17) is 5.11 Å². The molecule has 21 heavy (non-hydrogen) atoms. The maximum Gasteiger partial charge on any atom is 0.224 e. The fourth-order valence-corrected chi connectivity index (χ4v) is 1.98. The van der Waals surface area contributed by atoms with Gasteiger partial charge in [-0.25, -0.2) is 0 Å². The van der Waals surface area contributed by atoms with Gasteiger partial charge in [0.2, 0.25) is 11.8 Å². The number of rotatable bonds is 7. The molecule has 1 aromatic carbocycles. The van der Waals surface area contributed by atoms with Crippen LogP contribution in [-0.2, 0) is 22.6 Å². The number of benzene rings is 1. The summed E-state index contributed by atoms with van der Waals surface area (Å²) in [5.41, 5.74) is 1.30. The van der Waals surface area contributed by atoms with Gasteiger partial charge in [-0.3, -0.25) is 9.59 Å². The SMILES string of the molecule is CNC(=O)CCC(C)(C)NC(=O)Cc1ccc(CO)cc1. The largest absolute Gasteiger partial charge is 0.392 e. The van der Waals surface area contributed by atoms with Gasteiger partial charge in [0.15, 0.2) is 0 Å². The van der Waals surface area contributed by atoms with Crippen LogP contribution in [0.1, 0.15) is 37.8 Å². The van der Waals surface area contributed by atoms with Gasteiger partial charge in [0, 0.05) is 19.0 Å². The second-order valence-corrected chi connectivity index (χ2v) is 5.76. The summed E-state index contributed by atoms with van der Waals surface area (Å²) in [4.78, 5) is 23.3. The average Bonchev–Trinajstić information content (AvgIpc) is 2.45. The molecule has 0 radical (unpaired) electrons. The summed E-state index contributed by atoms with van der Waals surface area (Å²) in [6.07, 6.45) is 1.26. The van der Waals surface area contributed by atoms with E-state index in [1.54, 1.807) is 19.2 Å². The van der Waals surface area contributed by atoms with Gasteiger partial charge in [-0.1, -0.05) is 24.3 Å². The van der Waals surface area contributed by atoms with Crippen LogP contribution in [0, 0.1) is 0 Å². The highest BCUT2D eigenvalue weighted by Crippen LogP contribution is 2.12. The Morgan fingerprint density at radius 3 is 2.19 bits per heavy atom. The monoisotopic (exact) mass is 292 g/mol. The topological polar surface area (TPSA) is 78.4 Å². The van der Waals surface area contributed by atoms with Crippen LogP contribution >= 0.6 is 0 Å². The molecular formula is C16H24N2O3. The van der Waals surface area contributed by atoms with Crippen molar-refractivity contribution in [2.24, 2.45) is 0 Å². The zero-order valence-corrected chi connectivity index (χ0v) is 12.9. The highest BCUT2D eigenvalue weighted by atomic mass is 16.3. The highest BCUT2D eigenvalue weighted by Gasteiger charge is 2.21. The Labute approximate surface area is 125 Å². The van der Waals surface area contributed by atoms with Crippen molar-refractivity contribution in [1.82, 2.24) is 10.6 Å². The van der Waals surface area contributed by atoms with Crippen molar-refractivity contribution in [2.75, 3.05) is 7.05 Å². The van der Waals surface area contributed by atoms with Gasteiger partial charge in [0.25, 0.3) is 0 Å². The first-order valence-corrected chi connectivity index (χ1v) is 7.06. The minimum Gasteiger partial charge on any atom is -0.392 e. The smallest absolute Gasteiger partial charge is 0.224 e. The second kappa shape index (κ2) is 7.78. The fourth-order valence-electron chi connectivity index (χ4n) is 1.98. The van der Waals surface area contributed by atoms with Crippen LogP contribution in [-0.4, -0.2) is 29.5 Å². The molecule has 0 aliphatic carbocycles. The van der Waals surface area contributed by atoms with Gasteiger partial charge in [-0.15, -0.1) is 0 Å². The molecule has 0 saturated carbocycles. The average molecular weight is 292 g/mol. The van der Waals surface area contributed by atoms with Crippen molar-refractivity contribution >= 4 is 11.8 Å². The van der Waals surface area contributed by atoms with Crippen molar-refractivity contribution in [3.05, 3.63) is 35.4 Å². The summed E-state index contributed by atoms with van der Waals surface area (Å²) >= 11 is 0. The molecule has 0 saturated heterocycles. The highest BCUT2D eigenvalue weighted by molar-refractivity contribution is 5.79. The Kier molecular flexibility index (Phi) is 6.37. The molecule has 0 spiro atoms. The first-order valence-electron chi connectivity index (χ1n) is 7.06. The van der Waals surface area contributed by atoms with Gasteiger partial charge < -0.3 is 15.7 Å². The standard InChI is InChI=1S/C16H24N2O3/c1-16(2,9-8-14(20)17-3)18-15(21)10-12-4-6-13(11-19)7-5-12/h4-7,19H,8-11H2,1-3H3,(H,17,20)(H,18,21). The zero-order valence-electron chi connectivity index (χ0n) is 12.9. The van der Waals surface area contributed by atoms with Gasteiger partial charge in [0.05, 0.1) is 13.0 Å². The van der Waals surface area contributed by atoms with Crippen LogP contribution in [0.5, 0.6) is 0 Å². The van der Waals surface area contributed by atoms with Crippen molar-refractivity contribution in [3.63, 3.8) is 0 Å². The normalized spacial score (nSPS) is 11.0. The van der Waals surface area contributed by atoms with Crippen LogP contribution < -0.4 is 10.6 Å². The molecule has 1 aromatic rings. The van der Waals surface area contributed by atoms with E-state index in [0.717, 1.165) is 11.1 Å². The molecule has 0 aromatic heterocycles. The maximum atomic E-state index is 12.0. The predicted octanol–water partition coefficient (Wildman–Crippen LogP) is 1.14. The Balaban J connectivity index is 2.49. The first-order chi connectivity index (χ1) is 9.86. The van der Waals surface area contributed by atoms with Crippen molar-refractivity contribution in [2.45, 2.75) is 45.3 Å². The summed E-state index contributed by atoms with van der Waals surface area (Å²) in [5, 5.41) is 14.5. The van der Waals surface area contributed by atoms with Crippen LogP contribution in [0.4, 0.5) is 0 Å². The van der Waals surface area contributed by atoms with E-state index < -0.39 is 5.54 Å². The lowest BCUT2D eigenvalue weighted by molar-refractivity contribution is -0.124. The molecule has 5 heteroatoms. The maximum absolute atomic E-state index is 12.0. The summed E-state index contributed by atoms with van der Waals surface area (Å²) in [6, 6.07) is 7.28. The number of aliphatic hydroxyl groups is 1. The number of carbonyl (C=O) groups excluding carboxylic acids is 2. The van der Waals surface area contributed by atoms with Gasteiger partial charge in [-0.2, -0.15) is 0 Å². The van der Waals surface area contributed by atoms with E-state index >= 15 is 0 Å². The third-order valence-corrected chi connectivity index (χ3v) is 3.30. The molecule has 2 amide bonds. The van der Waals surface area contributed by atoms with Crippen LogP contribution in [0.2, 0.25) is 0 Å². The van der Waals surface area contributed by atoms with E-state index in [0.29, 0.717) is 12.8 Å².